The summed E-state index contributed by atoms with van der Waals surface area (Å²) < 4.78 is 0. The summed E-state index contributed by atoms with van der Waals surface area (Å²) in [7, 11) is 3.56. The molecule has 8 heteroatoms. The van der Waals surface area contributed by atoms with Gasteiger partial charge in [-0.15, -0.1) is 11.3 Å². The molecule has 116 valence electrons. The van der Waals surface area contributed by atoms with Gasteiger partial charge in [0.2, 0.25) is 0 Å². The van der Waals surface area contributed by atoms with E-state index in [1.807, 2.05) is 13.8 Å². The molecule has 0 unspecified atom stereocenters. The third kappa shape index (κ3) is 3.22. The van der Waals surface area contributed by atoms with Crippen LogP contribution >= 0.6 is 11.3 Å². The number of nitro benzene ring substituents is 1. The first-order chi connectivity index (χ1) is 10.3. The molecule has 0 aliphatic heterocycles. The number of rotatable bonds is 4. The van der Waals surface area contributed by atoms with E-state index in [2.05, 4.69) is 10.3 Å². The summed E-state index contributed by atoms with van der Waals surface area (Å²) in [6.07, 6.45) is 0. The quantitative estimate of drug-likeness (QED) is 0.691. The van der Waals surface area contributed by atoms with Crippen molar-refractivity contribution in [1.29, 1.82) is 0 Å². The van der Waals surface area contributed by atoms with Gasteiger partial charge in [0.05, 0.1) is 10.6 Å². The minimum atomic E-state index is -0.555. The first-order valence-electron chi connectivity index (χ1n) is 6.50. The summed E-state index contributed by atoms with van der Waals surface area (Å²) in [6, 6.07) is 4.50. The van der Waals surface area contributed by atoms with E-state index in [-0.39, 0.29) is 11.3 Å². The van der Waals surface area contributed by atoms with Gasteiger partial charge in [0.15, 0.2) is 5.13 Å². The molecule has 7 nitrogen and oxygen atoms in total. The Balaban J connectivity index is 2.34. The predicted octanol–water partition coefficient (Wildman–Crippen LogP) is 2.99. The van der Waals surface area contributed by atoms with Crippen LogP contribution in [0.25, 0.3) is 0 Å². The number of hydrogen-bond acceptors (Lipinski definition) is 6. The molecule has 0 aliphatic rings. The number of benzene rings is 1. The van der Waals surface area contributed by atoms with Gasteiger partial charge in [-0.1, -0.05) is 0 Å². The SMILES string of the molecule is Cc1nc(NC(=O)c2ccc(N(C)C)cc2[N+](=O)[O-])sc1C. The zero-order chi connectivity index (χ0) is 16.4. The lowest BCUT2D eigenvalue weighted by Crippen LogP contribution is -2.15. The molecule has 0 bridgehead atoms. The van der Waals surface area contributed by atoms with Crippen molar-refractivity contribution in [2.24, 2.45) is 0 Å². The highest BCUT2D eigenvalue weighted by Crippen LogP contribution is 2.27. The van der Waals surface area contributed by atoms with Gasteiger partial charge in [-0.2, -0.15) is 0 Å². The molecule has 0 saturated carbocycles. The third-order valence-corrected chi connectivity index (χ3v) is 4.18. The van der Waals surface area contributed by atoms with E-state index < -0.39 is 10.8 Å². The number of aryl methyl sites for hydroxylation is 2. The number of anilines is 2. The Bertz CT molecular complexity index is 720. The second kappa shape index (κ2) is 6.10. The first-order valence-corrected chi connectivity index (χ1v) is 7.32. The van der Waals surface area contributed by atoms with Crippen molar-refractivity contribution in [2.45, 2.75) is 13.8 Å². The van der Waals surface area contributed by atoms with E-state index in [0.29, 0.717) is 10.8 Å². The smallest absolute Gasteiger partial charge is 0.284 e. The summed E-state index contributed by atoms with van der Waals surface area (Å²) in [5.41, 5.74) is 1.27. The summed E-state index contributed by atoms with van der Waals surface area (Å²) in [6.45, 7) is 3.74. The lowest BCUT2D eigenvalue weighted by Gasteiger charge is -2.12. The van der Waals surface area contributed by atoms with Crippen molar-refractivity contribution in [3.8, 4) is 0 Å². The minimum absolute atomic E-state index is 0.0149. The maximum Gasteiger partial charge on any atom is 0.284 e. The number of nitrogens with zero attached hydrogens (tertiary/aromatic N) is 3. The normalized spacial score (nSPS) is 10.4. The predicted molar refractivity (Wildman–Crippen MR) is 87.0 cm³/mol. The maximum absolute atomic E-state index is 12.3. The Kier molecular flexibility index (Phi) is 4.41. The van der Waals surface area contributed by atoms with Gasteiger partial charge < -0.3 is 4.90 Å². The van der Waals surface area contributed by atoms with Gasteiger partial charge >= 0.3 is 0 Å². The van der Waals surface area contributed by atoms with Gasteiger partial charge in [0.25, 0.3) is 11.6 Å². The zero-order valence-corrected chi connectivity index (χ0v) is 13.5. The summed E-state index contributed by atoms with van der Waals surface area (Å²) in [4.78, 5) is 29.9. The molecule has 1 heterocycles. The van der Waals surface area contributed by atoms with Crippen LogP contribution < -0.4 is 10.2 Å². The molecular formula is C14H16N4O3S. The molecule has 0 saturated heterocycles. The second-order valence-electron chi connectivity index (χ2n) is 4.97. The lowest BCUT2D eigenvalue weighted by molar-refractivity contribution is -0.385. The van der Waals surface area contributed by atoms with E-state index in [0.717, 1.165) is 10.6 Å². The Morgan fingerprint density at radius 1 is 1.36 bits per heavy atom. The number of nitro groups is 1. The minimum Gasteiger partial charge on any atom is -0.377 e. The van der Waals surface area contributed by atoms with Crippen LogP contribution in [0.1, 0.15) is 20.9 Å². The summed E-state index contributed by atoms with van der Waals surface area (Å²) in [5.74, 6) is -0.536. The molecule has 1 aromatic carbocycles. The highest BCUT2D eigenvalue weighted by Gasteiger charge is 2.22. The van der Waals surface area contributed by atoms with Crippen molar-refractivity contribution >= 4 is 33.8 Å². The van der Waals surface area contributed by atoms with E-state index >= 15 is 0 Å². The van der Waals surface area contributed by atoms with Gasteiger partial charge in [0, 0.05) is 30.7 Å². The standard InChI is InChI=1S/C14H16N4O3S/c1-8-9(2)22-14(15-8)16-13(19)11-6-5-10(17(3)4)7-12(11)18(20)21/h5-7H,1-4H3,(H,15,16,19). The monoisotopic (exact) mass is 320 g/mol. The highest BCUT2D eigenvalue weighted by molar-refractivity contribution is 7.15. The van der Waals surface area contributed by atoms with Crippen LogP contribution in [-0.4, -0.2) is 29.9 Å². The van der Waals surface area contributed by atoms with Crippen LogP contribution in [0.3, 0.4) is 0 Å². The Hall–Kier alpha value is -2.48. The number of amides is 1. The number of thiazole rings is 1. The molecule has 0 radical (unpaired) electrons. The van der Waals surface area contributed by atoms with E-state index in [4.69, 9.17) is 0 Å². The van der Waals surface area contributed by atoms with Gasteiger partial charge in [-0.3, -0.25) is 20.2 Å². The van der Waals surface area contributed by atoms with Gasteiger partial charge in [0.1, 0.15) is 5.56 Å². The maximum atomic E-state index is 12.3. The Morgan fingerprint density at radius 3 is 2.55 bits per heavy atom. The number of carbonyl (C=O) groups excluding carboxylic acids is 1. The third-order valence-electron chi connectivity index (χ3n) is 3.19. The van der Waals surface area contributed by atoms with Crippen molar-refractivity contribution in [3.63, 3.8) is 0 Å². The van der Waals surface area contributed by atoms with Crippen LogP contribution in [0.2, 0.25) is 0 Å². The van der Waals surface area contributed by atoms with Crippen molar-refractivity contribution in [1.82, 2.24) is 4.98 Å². The molecule has 0 atom stereocenters. The molecule has 2 aromatic rings. The number of hydrogen-bond donors (Lipinski definition) is 1. The van der Waals surface area contributed by atoms with Crippen molar-refractivity contribution in [3.05, 3.63) is 44.4 Å². The Morgan fingerprint density at radius 2 is 2.05 bits per heavy atom. The first kappa shape index (κ1) is 15.9. The van der Waals surface area contributed by atoms with Crippen LogP contribution in [0.15, 0.2) is 18.2 Å². The second-order valence-corrected chi connectivity index (χ2v) is 6.17. The molecule has 1 amide bonds. The van der Waals surface area contributed by atoms with Crippen LogP contribution in [-0.2, 0) is 0 Å². The molecule has 1 N–H and O–H groups in total. The average Bonchev–Trinajstić information content (AvgIpc) is 2.76. The van der Waals surface area contributed by atoms with E-state index in [1.165, 1.54) is 23.5 Å². The lowest BCUT2D eigenvalue weighted by atomic mass is 10.1. The van der Waals surface area contributed by atoms with Gasteiger partial charge in [-0.25, -0.2) is 4.98 Å². The summed E-state index contributed by atoms with van der Waals surface area (Å²) in [5, 5.41) is 14.3. The number of carbonyl (C=O) groups is 1. The molecule has 2 rings (SSSR count). The average molecular weight is 320 g/mol. The molecule has 0 aliphatic carbocycles. The van der Waals surface area contributed by atoms with Crippen molar-refractivity contribution < 1.29 is 9.72 Å². The highest BCUT2D eigenvalue weighted by atomic mass is 32.1. The van der Waals surface area contributed by atoms with E-state index in [1.54, 1.807) is 25.1 Å². The van der Waals surface area contributed by atoms with Crippen LogP contribution in [0, 0.1) is 24.0 Å². The van der Waals surface area contributed by atoms with Crippen molar-refractivity contribution in [2.75, 3.05) is 24.3 Å². The van der Waals surface area contributed by atoms with E-state index in [9.17, 15) is 14.9 Å². The molecular weight excluding hydrogens is 304 g/mol. The summed E-state index contributed by atoms with van der Waals surface area (Å²) >= 11 is 1.34. The molecule has 1 aromatic heterocycles. The largest absolute Gasteiger partial charge is 0.377 e. The fourth-order valence-corrected chi connectivity index (χ4v) is 2.64. The Labute approximate surface area is 131 Å². The number of aromatic nitrogens is 1. The van der Waals surface area contributed by atoms with Crippen LogP contribution in [0.4, 0.5) is 16.5 Å². The fourth-order valence-electron chi connectivity index (χ4n) is 1.83. The molecule has 0 spiro atoms. The molecule has 0 fully saturated rings. The van der Waals surface area contributed by atoms with Gasteiger partial charge in [-0.05, 0) is 26.0 Å². The topological polar surface area (TPSA) is 88.4 Å². The zero-order valence-electron chi connectivity index (χ0n) is 12.7. The molecule has 22 heavy (non-hydrogen) atoms. The fraction of sp³-hybridized carbons (Fsp3) is 0.286. The number of nitrogens with one attached hydrogen (secondary N) is 1. The van der Waals surface area contributed by atoms with Crippen LogP contribution in [0.5, 0.6) is 0 Å².